The molecule has 1 unspecified atom stereocenters. The summed E-state index contributed by atoms with van der Waals surface area (Å²) in [7, 11) is 0. The number of primary amides is 1. The Morgan fingerprint density at radius 3 is 2.54 bits per heavy atom. The van der Waals surface area contributed by atoms with Crippen LogP contribution in [0, 0.1) is 0 Å². The van der Waals surface area contributed by atoms with Crippen molar-refractivity contribution in [3.8, 4) is 11.5 Å². The van der Waals surface area contributed by atoms with Crippen LogP contribution in [-0.4, -0.2) is 46.3 Å². The standard InChI is InChI=1S/C20H26N2O6/c1-13(2)22(10-17-8-18(24)19(25)12-28-17)9-15(23)11-27-16-5-3-14(4-6-16)7-20(21)26/h3-6,8,12-13,15,23,25H,7,9-11H2,1-2H3,(H2,21,26). The van der Waals surface area contributed by atoms with Crippen LogP contribution < -0.4 is 15.9 Å². The minimum Gasteiger partial charge on any atom is -0.502 e. The predicted molar refractivity (Wildman–Crippen MR) is 103 cm³/mol. The normalized spacial score (nSPS) is 12.3. The lowest BCUT2D eigenvalue weighted by atomic mass is 10.1. The topological polar surface area (TPSA) is 126 Å². The Morgan fingerprint density at radius 1 is 1.29 bits per heavy atom. The quantitative estimate of drug-likeness (QED) is 0.553. The molecule has 1 aromatic heterocycles. The van der Waals surface area contributed by atoms with Crippen molar-refractivity contribution in [3.63, 3.8) is 0 Å². The maximum atomic E-state index is 11.5. The number of ether oxygens (including phenoxy) is 1. The molecule has 1 aromatic carbocycles. The summed E-state index contributed by atoms with van der Waals surface area (Å²) < 4.78 is 10.8. The number of carbonyl (C=O) groups is 1. The highest BCUT2D eigenvalue weighted by molar-refractivity contribution is 5.76. The van der Waals surface area contributed by atoms with Crippen molar-refractivity contribution in [2.45, 2.75) is 39.0 Å². The van der Waals surface area contributed by atoms with Gasteiger partial charge in [0, 0.05) is 18.7 Å². The average molecular weight is 390 g/mol. The van der Waals surface area contributed by atoms with Gasteiger partial charge in [0.05, 0.1) is 13.0 Å². The first kappa shape index (κ1) is 21.5. The zero-order chi connectivity index (χ0) is 20.7. The van der Waals surface area contributed by atoms with Gasteiger partial charge in [-0.3, -0.25) is 14.5 Å². The van der Waals surface area contributed by atoms with Crippen LogP contribution >= 0.6 is 0 Å². The van der Waals surface area contributed by atoms with Crippen LogP contribution in [0.25, 0.3) is 0 Å². The molecule has 0 spiro atoms. The van der Waals surface area contributed by atoms with E-state index in [-0.39, 0.29) is 19.1 Å². The predicted octanol–water partition coefficient (Wildman–Crippen LogP) is 1.02. The van der Waals surface area contributed by atoms with Crippen molar-refractivity contribution >= 4 is 5.91 Å². The molecular weight excluding hydrogens is 364 g/mol. The fraction of sp³-hybridized carbons (Fsp3) is 0.400. The van der Waals surface area contributed by atoms with Crippen molar-refractivity contribution in [2.75, 3.05) is 13.2 Å². The van der Waals surface area contributed by atoms with Crippen molar-refractivity contribution in [3.05, 3.63) is 58.1 Å². The first-order valence-corrected chi connectivity index (χ1v) is 8.97. The number of aromatic hydroxyl groups is 1. The molecule has 0 fully saturated rings. The first-order valence-electron chi connectivity index (χ1n) is 8.97. The van der Waals surface area contributed by atoms with Crippen molar-refractivity contribution in [2.24, 2.45) is 5.73 Å². The van der Waals surface area contributed by atoms with E-state index < -0.39 is 23.2 Å². The van der Waals surface area contributed by atoms with Crippen LogP contribution in [0.1, 0.15) is 25.2 Å². The van der Waals surface area contributed by atoms with Gasteiger partial charge in [-0.15, -0.1) is 0 Å². The molecule has 1 atom stereocenters. The van der Waals surface area contributed by atoms with E-state index >= 15 is 0 Å². The molecule has 0 saturated heterocycles. The molecule has 0 radical (unpaired) electrons. The van der Waals surface area contributed by atoms with E-state index in [0.717, 1.165) is 11.8 Å². The smallest absolute Gasteiger partial charge is 0.226 e. The number of hydrogen-bond donors (Lipinski definition) is 3. The largest absolute Gasteiger partial charge is 0.502 e. The molecule has 0 aliphatic rings. The minimum atomic E-state index is -0.767. The number of hydrogen-bond acceptors (Lipinski definition) is 7. The summed E-state index contributed by atoms with van der Waals surface area (Å²) in [5, 5.41) is 19.6. The summed E-state index contributed by atoms with van der Waals surface area (Å²) in [5.41, 5.74) is 5.45. The van der Waals surface area contributed by atoms with E-state index in [2.05, 4.69) is 0 Å². The van der Waals surface area contributed by atoms with Gasteiger partial charge in [0.15, 0.2) is 5.75 Å². The summed E-state index contributed by atoms with van der Waals surface area (Å²) in [6.45, 7) is 4.62. The number of rotatable bonds is 10. The summed E-state index contributed by atoms with van der Waals surface area (Å²) in [6, 6.07) is 8.26. The highest BCUT2D eigenvalue weighted by atomic mass is 16.5. The molecule has 2 aromatic rings. The molecule has 152 valence electrons. The summed E-state index contributed by atoms with van der Waals surface area (Å²) >= 11 is 0. The number of aliphatic hydroxyl groups excluding tert-OH is 1. The van der Waals surface area contributed by atoms with E-state index in [1.165, 1.54) is 6.07 Å². The second kappa shape index (κ2) is 9.91. The van der Waals surface area contributed by atoms with Gasteiger partial charge in [-0.05, 0) is 31.5 Å². The van der Waals surface area contributed by atoms with E-state index in [4.69, 9.17) is 14.9 Å². The second-order valence-corrected chi connectivity index (χ2v) is 6.87. The molecule has 2 rings (SSSR count). The lowest BCUT2D eigenvalue weighted by molar-refractivity contribution is -0.117. The maximum absolute atomic E-state index is 11.5. The van der Waals surface area contributed by atoms with E-state index in [1.54, 1.807) is 24.3 Å². The second-order valence-electron chi connectivity index (χ2n) is 6.87. The maximum Gasteiger partial charge on any atom is 0.226 e. The summed E-state index contributed by atoms with van der Waals surface area (Å²) in [5.74, 6) is 0.139. The van der Waals surface area contributed by atoms with Crippen LogP contribution in [0.5, 0.6) is 11.5 Å². The fourth-order valence-electron chi connectivity index (χ4n) is 2.61. The number of nitrogens with two attached hydrogens (primary N) is 1. The molecule has 0 bridgehead atoms. The van der Waals surface area contributed by atoms with Gasteiger partial charge in [0.25, 0.3) is 0 Å². The Bertz CT molecular complexity index is 831. The van der Waals surface area contributed by atoms with Gasteiger partial charge in [-0.2, -0.15) is 0 Å². The van der Waals surface area contributed by atoms with Crippen molar-refractivity contribution in [1.82, 2.24) is 4.90 Å². The van der Waals surface area contributed by atoms with Gasteiger partial charge >= 0.3 is 0 Å². The van der Waals surface area contributed by atoms with E-state index in [0.29, 0.717) is 24.6 Å². The van der Waals surface area contributed by atoms with Crippen molar-refractivity contribution in [1.29, 1.82) is 0 Å². The molecule has 0 saturated carbocycles. The van der Waals surface area contributed by atoms with Crippen molar-refractivity contribution < 1.29 is 24.2 Å². The van der Waals surface area contributed by atoms with Gasteiger partial charge in [0.1, 0.15) is 30.5 Å². The Hall–Kier alpha value is -2.84. The molecule has 0 aliphatic heterocycles. The zero-order valence-electron chi connectivity index (χ0n) is 16.0. The number of nitrogens with zero attached hydrogens (tertiary/aromatic N) is 1. The summed E-state index contributed by atoms with van der Waals surface area (Å²) in [6.07, 6.45) is 0.411. The average Bonchev–Trinajstić information content (AvgIpc) is 2.63. The molecule has 0 aliphatic carbocycles. The van der Waals surface area contributed by atoms with Crippen LogP contribution in [-0.2, 0) is 17.8 Å². The van der Waals surface area contributed by atoms with Crippen LogP contribution in [0.15, 0.2) is 45.8 Å². The lowest BCUT2D eigenvalue weighted by Gasteiger charge is -2.28. The van der Waals surface area contributed by atoms with Crippen LogP contribution in [0.2, 0.25) is 0 Å². The third-order valence-electron chi connectivity index (χ3n) is 4.15. The highest BCUT2D eigenvalue weighted by Gasteiger charge is 2.17. The summed E-state index contributed by atoms with van der Waals surface area (Å²) in [4.78, 5) is 24.4. The van der Waals surface area contributed by atoms with Gasteiger partial charge in [-0.25, -0.2) is 0 Å². The molecule has 1 heterocycles. The molecule has 28 heavy (non-hydrogen) atoms. The molecule has 8 heteroatoms. The van der Waals surface area contributed by atoms with Gasteiger partial charge < -0.3 is 25.1 Å². The lowest BCUT2D eigenvalue weighted by Crippen LogP contribution is -2.39. The third-order valence-corrected chi connectivity index (χ3v) is 4.15. The number of carbonyl (C=O) groups excluding carboxylic acids is 1. The highest BCUT2D eigenvalue weighted by Crippen LogP contribution is 2.14. The van der Waals surface area contributed by atoms with Gasteiger partial charge in [0.2, 0.25) is 11.3 Å². The Kier molecular flexibility index (Phi) is 7.60. The number of amides is 1. The Balaban J connectivity index is 1.89. The minimum absolute atomic E-state index is 0.0813. The molecule has 8 nitrogen and oxygen atoms in total. The molecular formula is C20H26N2O6. The van der Waals surface area contributed by atoms with E-state index in [1.807, 2.05) is 18.7 Å². The molecule has 4 N–H and O–H groups in total. The molecule has 1 amide bonds. The van der Waals surface area contributed by atoms with E-state index in [9.17, 15) is 19.8 Å². The zero-order valence-corrected chi connectivity index (χ0v) is 16.0. The first-order chi connectivity index (χ1) is 13.2. The van der Waals surface area contributed by atoms with Gasteiger partial charge in [-0.1, -0.05) is 12.1 Å². The van der Waals surface area contributed by atoms with Crippen LogP contribution in [0.3, 0.4) is 0 Å². The number of benzene rings is 1. The monoisotopic (exact) mass is 390 g/mol. The van der Waals surface area contributed by atoms with Crippen LogP contribution in [0.4, 0.5) is 0 Å². The fourth-order valence-corrected chi connectivity index (χ4v) is 2.61. The SMILES string of the molecule is CC(C)N(Cc1cc(=O)c(O)co1)CC(O)COc1ccc(CC(N)=O)cc1. The Labute approximate surface area is 163 Å². The Morgan fingerprint density at radius 2 is 1.96 bits per heavy atom. The third kappa shape index (κ3) is 6.71. The number of aliphatic hydroxyl groups is 1.